The normalized spacial score (nSPS) is 11.3. The van der Waals surface area contributed by atoms with Crippen LogP contribution in [0.2, 0.25) is 5.02 Å². The fraction of sp³-hybridized carbons (Fsp3) is 0.190. The molecule has 0 spiro atoms. The van der Waals surface area contributed by atoms with Crippen molar-refractivity contribution in [2.24, 2.45) is 0 Å². The Hall–Kier alpha value is -2.81. The summed E-state index contributed by atoms with van der Waals surface area (Å²) in [5.41, 5.74) is 1.50. The van der Waals surface area contributed by atoms with Gasteiger partial charge in [0.1, 0.15) is 11.1 Å². The molecular weight excluding hydrogens is 426 g/mol. The number of halogens is 1. The van der Waals surface area contributed by atoms with Gasteiger partial charge in [0.25, 0.3) is 5.56 Å². The van der Waals surface area contributed by atoms with Crippen LogP contribution >= 0.6 is 23.4 Å². The minimum atomic E-state index is -0.303. The lowest BCUT2D eigenvalue weighted by Crippen LogP contribution is -2.25. The topological polar surface area (TPSA) is 86.4 Å². The number of nitrogens with one attached hydrogen (secondary N) is 1. The first-order chi connectivity index (χ1) is 14.6. The molecular formula is C21H18ClN3O4S. The minimum absolute atomic E-state index is 0.0614. The van der Waals surface area contributed by atoms with Crippen molar-refractivity contribution < 1.29 is 13.9 Å². The van der Waals surface area contributed by atoms with Gasteiger partial charge >= 0.3 is 0 Å². The molecule has 4 aromatic rings. The van der Waals surface area contributed by atoms with Gasteiger partial charge in [-0.1, -0.05) is 47.6 Å². The van der Waals surface area contributed by atoms with Gasteiger partial charge in [-0.3, -0.25) is 14.2 Å². The van der Waals surface area contributed by atoms with Crippen molar-refractivity contribution in [2.45, 2.75) is 11.7 Å². The highest BCUT2D eigenvalue weighted by atomic mass is 35.5. The number of carbonyl (C=O) groups is 1. The number of rotatable bonds is 7. The van der Waals surface area contributed by atoms with Crippen LogP contribution in [0.25, 0.3) is 22.1 Å². The highest BCUT2D eigenvalue weighted by Gasteiger charge is 2.18. The van der Waals surface area contributed by atoms with E-state index in [1.807, 2.05) is 18.2 Å². The number of thioether (sulfide) groups is 1. The lowest BCUT2D eigenvalue weighted by molar-refractivity contribution is -0.113. The van der Waals surface area contributed by atoms with Crippen LogP contribution < -0.4 is 10.9 Å². The first kappa shape index (κ1) is 20.5. The standard InChI is InChI=1S/C21H18ClN3O4S/c1-28-11-10-25-20(27)19-18(13-6-2-5-9-16(13)29-19)24-21(25)30-12-17(26)23-15-8-4-3-7-14(15)22/h2-9H,10-12H2,1H3,(H,23,26). The monoisotopic (exact) mass is 443 g/mol. The molecule has 1 amide bonds. The molecule has 154 valence electrons. The number of amides is 1. The van der Waals surface area contributed by atoms with Crippen LogP contribution in [0.3, 0.4) is 0 Å². The second-order valence-corrected chi connectivity index (χ2v) is 7.79. The van der Waals surface area contributed by atoms with Gasteiger partial charge in [-0.15, -0.1) is 0 Å². The number of carbonyl (C=O) groups excluding carboxylic acids is 1. The van der Waals surface area contributed by atoms with Crippen LogP contribution in [0, 0.1) is 0 Å². The largest absolute Gasteiger partial charge is 0.448 e. The fourth-order valence-corrected chi connectivity index (χ4v) is 4.02. The molecule has 7 nitrogen and oxygen atoms in total. The van der Waals surface area contributed by atoms with E-state index in [-0.39, 0.29) is 22.8 Å². The smallest absolute Gasteiger partial charge is 0.297 e. The Morgan fingerprint density at radius 3 is 2.80 bits per heavy atom. The molecule has 1 N–H and O–H groups in total. The highest BCUT2D eigenvalue weighted by molar-refractivity contribution is 7.99. The zero-order valence-corrected chi connectivity index (χ0v) is 17.6. The number of methoxy groups -OCH3 is 1. The molecule has 9 heteroatoms. The molecule has 0 saturated carbocycles. The first-order valence-electron chi connectivity index (χ1n) is 9.16. The van der Waals surface area contributed by atoms with Crippen LogP contribution in [0.5, 0.6) is 0 Å². The van der Waals surface area contributed by atoms with Crippen molar-refractivity contribution in [1.29, 1.82) is 0 Å². The number of para-hydroxylation sites is 2. The molecule has 0 saturated heterocycles. The average molecular weight is 444 g/mol. The number of hydrogen-bond donors (Lipinski definition) is 1. The zero-order valence-electron chi connectivity index (χ0n) is 16.1. The van der Waals surface area contributed by atoms with E-state index in [0.29, 0.717) is 40.1 Å². The van der Waals surface area contributed by atoms with E-state index in [4.69, 9.17) is 20.8 Å². The number of fused-ring (bicyclic) bond motifs is 3. The molecule has 0 bridgehead atoms. The number of anilines is 1. The SMILES string of the molecule is COCCn1c(SCC(=O)Nc2ccccc2Cl)nc2c(oc3ccccc32)c1=O. The van der Waals surface area contributed by atoms with Crippen molar-refractivity contribution in [3.8, 4) is 0 Å². The van der Waals surface area contributed by atoms with Crippen LogP contribution in [-0.2, 0) is 16.1 Å². The van der Waals surface area contributed by atoms with Crippen molar-refractivity contribution in [3.63, 3.8) is 0 Å². The summed E-state index contributed by atoms with van der Waals surface area (Å²) < 4.78 is 12.3. The van der Waals surface area contributed by atoms with Gasteiger partial charge in [-0.2, -0.15) is 0 Å². The van der Waals surface area contributed by atoms with Gasteiger partial charge in [0, 0.05) is 12.5 Å². The molecule has 0 unspecified atom stereocenters. The molecule has 4 rings (SSSR count). The summed E-state index contributed by atoms with van der Waals surface area (Å²) in [7, 11) is 1.56. The predicted molar refractivity (Wildman–Crippen MR) is 118 cm³/mol. The molecule has 0 radical (unpaired) electrons. The Morgan fingerprint density at radius 2 is 2.00 bits per heavy atom. The number of benzene rings is 2. The van der Waals surface area contributed by atoms with E-state index < -0.39 is 0 Å². The molecule has 0 fully saturated rings. The van der Waals surface area contributed by atoms with Crippen molar-refractivity contribution in [1.82, 2.24) is 9.55 Å². The zero-order chi connectivity index (χ0) is 21.1. The maximum Gasteiger partial charge on any atom is 0.297 e. The second-order valence-electron chi connectivity index (χ2n) is 6.44. The Morgan fingerprint density at radius 1 is 1.23 bits per heavy atom. The summed E-state index contributed by atoms with van der Waals surface area (Å²) in [5.74, 6) is -0.191. The van der Waals surface area contributed by atoms with Gasteiger partial charge in [0.15, 0.2) is 5.16 Å². The third-order valence-corrected chi connectivity index (χ3v) is 5.75. The predicted octanol–water partition coefficient (Wildman–Crippen LogP) is 4.17. The van der Waals surface area contributed by atoms with Crippen molar-refractivity contribution >= 4 is 57.0 Å². The number of nitrogens with zero attached hydrogens (tertiary/aromatic N) is 2. The number of hydrogen-bond acceptors (Lipinski definition) is 6. The van der Waals surface area contributed by atoms with E-state index in [9.17, 15) is 9.59 Å². The van der Waals surface area contributed by atoms with E-state index in [1.54, 1.807) is 37.4 Å². The maximum atomic E-state index is 13.0. The molecule has 0 atom stereocenters. The molecule has 0 aliphatic rings. The highest BCUT2D eigenvalue weighted by Crippen LogP contribution is 2.27. The van der Waals surface area contributed by atoms with E-state index in [0.717, 1.165) is 5.39 Å². The number of furan rings is 1. The molecule has 2 aromatic carbocycles. The molecule has 30 heavy (non-hydrogen) atoms. The first-order valence-corrected chi connectivity index (χ1v) is 10.5. The molecule has 0 aliphatic carbocycles. The Balaban J connectivity index is 1.66. The van der Waals surface area contributed by atoms with Gasteiger partial charge in [-0.25, -0.2) is 4.98 Å². The van der Waals surface area contributed by atoms with Crippen molar-refractivity contribution in [2.75, 3.05) is 24.8 Å². The van der Waals surface area contributed by atoms with Crippen LogP contribution in [-0.4, -0.2) is 34.9 Å². The van der Waals surface area contributed by atoms with E-state index >= 15 is 0 Å². The summed E-state index contributed by atoms with van der Waals surface area (Å²) in [4.78, 5) is 30.1. The van der Waals surface area contributed by atoms with Gasteiger partial charge in [0.2, 0.25) is 11.5 Å². The third kappa shape index (κ3) is 4.07. The summed E-state index contributed by atoms with van der Waals surface area (Å²) in [6.07, 6.45) is 0. The Kier molecular flexibility index (Phi) is 6.08. The molecule has 2 heterocycles. The minimum Gasteiger partial charge on any atom is -0.448 e. The average Bonchev–Trinajstić information content (AvgIpc) is 3.12. The number of aromatic nitrogens is 2. The maximum absolute atomic E-state index is 13.0. The second kappa shape index (κ2) is 8.91. The lowest BCUT2D eigenvalue weighted by atomic mass is 10.2. The molecule has 2 aromatic heterocycles. The Bertz CT molecular complexity index is 1280. The summed E-state index contributed by atoms with van der Waals surface area (Å²) in [5, 5.41) is 4.40. The van der Waals surface area contributed by atoms with Crippen LogP contribution in [0.1, 0.15) is 0 Å². The lowest BCUT2D eigenvalue weighted by Gasteiger charge is -2.11. The van der Waals surface area contributed by atoms with Gasteiger partial charge in [0.05, 0.1) is 29.6 Å². The van der Waals surface area contributed by atoms with Crippen molar-refractivity contribution in [3.05, 3.63) is 63.9 Å². The Labute approximate surface area is 181 Å². The van der Waals surface area contributed by atoms with Crippen LogP contribution in [0.15, 0.2) is 62.9 Å². The summed E-state index contributed by atoms with van der Waals surface area (Å²) in [6, 6.07) is 14.3. The van der Waals surface area contributed by atoms with E-state index in [1.165, 1.54) is 16.3 Å². The van der Waals surface area contributed by atoms with Crippen LogP contribution in [0.4, 0.5) is 5.69 Å². The number of ether oxygens (including phenoxy) is 1. The summed E-state index contributed by atoms with van der Waals surface area (Å²) in [6.45, 7) is 0.622. The molecule has 0 aliphatic heterocycles. The van der Waals surface area contributed by atoms with Gasteiger partial charge in [-0.05, 0) is 24.3 Å². The fourth-order valence-electron chi connectivity index (χ4n) is 3.02. The van der Waals surface area contributed by atoms with Gasteiger partial charge < -0.3 is 14.5 Å². The quantitative estimate of drug-likeness (QED) is 0.340. The van der Waals surface area contributed by atoms with E-state index in [2.05, 4.69) is 10.3 Å². The summed E-state index contributed by atoms with van der Waals surface area (Å²) >= 11 is 7.26. The third-order valence-electron chi connectivity index (χ3n) is 4.45.